The van der Waals surface area contributed by atoms with E-state index in [2.05, 4.69) is 41.0 Å². The second-order valence-corrected chi connectivity index (χ2v) is 7.55. The number of carbonyl (C=O) groups is 1. The van der Waals surface area contributed by atoms with Gasteiger partial charge in [-0.1, -0.05) is 45.0 Å². The van der Waals surface area contributed by atoms with E-state index >= 15 is 0 Å². The van der Waals surface area contributed by atoms with Crippen LogP contribution in [0.4, 0.5) is 0 Å². The van der Waals surface area contributed by atoms with Crippen molar-refractivity contribution in [1.82, 2.24) is 19.9 Å². The van der Waals surface area contributed by atoms with Crippen LogP contribution in [0.25, 0.3) is 0 Å². The van der Waals surface area contributed by atoms with Gasteiger partial charge in [0.15, 0.2) is 5.82 Å². The SMILES string of the molecule is CC(C)c1ccc(C(=O)N2CCN(Cc3nc(C(C)C)no3)CC2)cc1. The Morgan fingerprint density at radius 1 is 1.04 bits per heavy atom. The molecule has 0 atom stereocenters. The molecular formula is C20H28N4O2. The summed E-state index contributed by atoms with van der Waals surface area (Å²) in [4.78, 5) is 21.3. The van der Waals surface area contributed by atoms with Crippen LogP contribution in [0.5, 0.6) is 0 Å². The lowest BCUT2D eigenvalue weighted by Crippen LogP contribution is -2.48. The third-order valence-corrected chi connectivity index (χ3v) is 4.84. The summed E-state index contributed by atoms with van der Waals surface area (Å²) in [6.45, 7) is 12.1. The van der Waals surface area contributed by atoms with Gasteiger partial charge < -0.3 is 9.42 Å². The normalized spacial score (nSPS) is 15.8. The number of hydrogen-bond acceptors (Lipinski definition) is 5. The Kier molecular flexibility index (Phi) is 5.71. The highest BCUT2D eigenvalue weighted by molar-refractivity contribution is 5.94. The standard InChI is InChI=1S/C20H28N4O2/c1-14(2)16-5-7-17(8-6-16)20(25)24-11-9-23(10-12-24)13-18-21-19(15(3)4)22-26-18/h5-8,14-15H,9-13H2,1-4H3. The van der Waals surface area contributed by atoms with Crippen molar-refractivity contribution >= 4 is 5.91 Å². The van der Waals surface area contributed by atoms with Gasteiger partial charge >= 0.3 is 0 Å². The van der Waals surface area contributed by atoms with Crippen LogP contribution in [0.15, 0.2) is 28.8 Å². The van der Waals surface area contributed by atoms with Crippen LogP contribution in [0, 0.1) is 0 Å². The molecule has 1 aromatic carbocycles. The molecule has 0 radical (unpaired) electrons. The van der Waals surface area contributed by atoms with Gasteiger partial charge in [-0.05, 0) is 23.6 Å². The number of aromatic nitrogens is 2. The molecule has 1 aromatic heterocycles. The quantitative estimate of drug-likeness (QED) is 0.823. The van der Waals surface area contributed by atoms with Gasteiger partial charge in [0.2, 0.25) is 5.89 Å². The lowest BCUT2D eigenvalue weighted by Gasteiger charge is -2.34. The summed E-state index contributed by atoms with van der Waals surface area (Å²) in [5.41, 5.74) is 2.02. The minimum absolute atomic E-state index is 0.111. The van der Waals surface area contributed by atoms with Crippen LogP contribution < -0.4 is 0 Å². The summed E-state index contributed by atoms with van der Waals surface area (Å²) in [7, 11) is 0. The second kappa shape index (κ2) is 7.99. The fourth-order valence-electron chi connectivity index (χ4n) is 3.06. The van der Waals surface area contributed by atoms with Gasteiger partial charge in [0.25, 0.3) is 5.91 Å². The molecule has 0 spiro atoms. The third-order valence-electron chi connectivity index (χ3n) is 4.84. The Morgan fingerprint density at radius 2 is 1.69 bits per heavy atom. The van der Waals surface area contributed by atoms with Crippen molar-refractivity contribution in [3.63, 3.8) is 0 Å². The fraction of sp³-hybridized carbons (Fsp3) is 0.550. The minimum atomic E-state index is 0.111. The molecule has 0 bridgehead atoms. The molecular weight excluding hydrogens is 328 g/mol. The van der Waals surface area contributed by atoms with Gasteiger partial charge in [-0.2, -0.15) is 4.98 Å². The molecule has 140 valence electrons. The highest BCUT2D eigenvalue weighted by Crippen LogP contribution is 2.17. The fourth-order valence-corrected chi connectivity index (χ4v) is 3.06. The van der Waals surface area contributed by atoms with Crippen molar-refractivity contribution in [3.8, 4) is 0 Å². The Hall–Kier alpha value is -2.21. The molecule has 2 heterocycles. The van der Waals surface area contributed by atoms with Gasteiger partial charge in [-0.15, -0.1) is 0 Å². The maximum Gasteiger partial charge on any atom is 0.253 e. The molecule has 1 amide bonds. The van der Waals surface area contributed by atoms with E-state index in [1.54, 1.807) is 0 Å². The molecule has 1 aliphatic heterocycles. The van der Waals surface area contributed by atoms with E-state index in [1.165, 1.54) is 5.56 Å². The first-order valence-electron chi connectivity index (χ1n) is 9.38. The maximum absolute atomic E-state index is 12.7. The zero-order chi connectivity index (χ0) is 18.7. The van der Waals surface area contributed by atoms with Crippen LogP contribution in [-0.4, -0.2) is 52.0 Å². The predicted molar refractivity (Wildman–Crippen MR) is 100 cm³/mol. The van der Waals surface area contributed by atoms with E-state index in [0.29, 0.717) is 18.4 Å². The zero-order valence-corrected chi connectivity index (χ0v) is 16.1. The molecule has 6 heteroatoms. The highest BCUT2D eigenvalue weighted by atomic mass is 16.5. The second-order valence-electron chi connectivity index (χ2n) is 7.55. The van der Waals surface area contributed by atoms with Crippen molar-refractivity contribution < 1.29 is 9.32 Å². The first-order valence-corrected chi connectivity index (χ1v) is 9.38. The maximum atomic E-state index is 12.7. The topological polar surface area (TPSA) is 62.5 Å². The Morgan fingerprint density at radius 3 is 2.23 bits per heavy atom. The van der Waals surface area contributed by atoms with Gasteiger partial charge in [-0.25, -0.2) is 0 Å². The van der Waals surface area contributed by atoms with Crippen molar-refractivity contribution in [2.45, 2.75) is 46.1 Å². The Bertz CT molecular complexity index is 729. The van der Waals surface area contributed by atoms with Crippen LogP contribution >= 0.6 is 0 Å². The Labute approximate surface area is 155 Å². The smallest absolute Gasteiger partial charge is 0.253 e. The lowest BCUT2D eigenvalue weighted by atomic mass is 10.0. The molecule has 0 unspecified atom stereocenters. The number of carbonyl (C=O) groups excluding carboxylic acids is 1. The van der Waals surface area contributed by atoms with E-state index in [4.69, 9.17) is 4.52 Å². The largest absolute Gasteiger partial charge is 0.338 e. The summed E-state index contributed by atoms with van der Waals surface area (Å²) in [6.07, 6.45) is 0. The lowest BCUT2D eigenvalue weighted by molar-refractivity contribution is 0.0615. The van der Waals surface area contributed by atoms with Crippen LogP contribution in [0.3, 0.4) is 0 Å². The molecule has 1 aliphatic rings. The summed E-state index contributed by atoms with van der Waals surface area (Å²) >= 11 is 0. The summed E-state index contributed by atoms with van der Waals surface area (Å²) in [6, 6.07) is 7.98. The van der Waals surface area contributed by atoms with E-state index in [1.807, 2.05) is 30.9 Å². The monoisotopic (exact) mass is 356 g/mol. The minimum Gasteiger partial charge on any atom is -0.338 e. The highest BCUT2D eigenvalue weighted by Gasteiger charge is 2.23. The number of rotatable bonds is 5. The number of amides is 1. The van der Waals surface area contributed by atoms with Crippen LogP contribution in [-0.2, 0) is 6.54 Å². The molecule has 26 heavy (non-hydrogen) atoms. The van der Waals surface area contributed by atoms with E-state index in [-0.39, 0.29) is 11.8 Å². The molecule has 0 aliphatic carbocycles. The summed E-state index contributed by atoms with van der Waals surface area (Å²) < 4.78 is 5.32. The average Bonchev–Trinajstić information content (AvgIpc) is 3.11. The summed E-state index contributed by atoms with van der Waals surface area (Å²) in [5.74, 6) is 2.25. The van der Waals surface area contributed by atoms with Crippen molar-refractivity contribution in [1.29, 1.82) is 0 Å². The molecule has 3 rings (SSSR count). The first-order chi connectivity index (χ1) is 12.4. The Balaban J connectivity index is 1.53. The van der Waals surface area contributed by atoms with Gasteiger partial charge in [0.05, 0.1) is 6.54 Å². The van der Waals surface area contributed by atoms with Gasteiger partial charge in [0, 0.05) is 37.7 Å². The van der Waals surface area contributed by atoms with Gasteiger partial charge in [-0.3, -0.25) is 9.69 Å². The molecule has 0 saturated carbocycles. The van der Waals surface area contributed by atoms with E-state index in [0.717, 1.165) is 37.6 Å². The number of piperazine rings is 1. The number of benzene rings is 1. The van der Waals surface area contributed by atoms with E-state index in [9.17, 15) is 4.79 Å². The molecule has 1 fully saturated rings. The first kappa shape index (κ1) is 18.6. The summed E-state index contributed by atoms with van der Waals surface area (Å²) in [5, 5.41) is 4.01. The zero-order valence-electron chi connectivity index (χ0n) is 16.1. The van der Waals surface area contributed by atoms with Gasteiger partial charge in [0.1, 0.15) is 0 Å². The number of hydrogen-bond donors (Lipinski definition) is 0. The van der Waals surface area contributed by atoms with E-state index < -0.39 is 0 Å². The third kappa shape index (κ3) is 4.30. The molecule has 2 aromatic rings. The molecule has 0 N–H and O–H groups in total. The van der Waals surface area contributed by atoms with Crippen LogP contribution in [0.1, 0.15) is 67.2 Å². The molecule has 6 nitrogen and oxygen atoms in total. The van der Waals surface area contributed by atoms with Crippen molar-refractivity contribution in [2.75, 3.05) is 26.2 Å². The average molecular weight is 356 g/mol. The predicted octanol–water partition coefficient (Wildman–Crippen LogP) is 3.27. The number of nitrogens with zero attached hydrogens (tertiary/aromatic N) is 4. The van der Waals surface area contributed by atoms with Crippen molar-refractivity contribution in [3.05, 3.63) is 47.1 Å². The molecule has 1 saturated heterocycles. The van der Waals surface area contributed by atoms with Crippen LogP contribution in [0.2, 0.25) is 0 Å². The van der Waals surface area contributed by atoms with Crippen molar-refractivity contribution in [2.24, 2.45) is 0 Å².